The molecule has 0 aliphatic rings. The normalized spacial score (nSPS) is 11.0. The second-order valence-corrected chi connectivity index (χ2v) is 11.4. The topological polar surface area (TPSA) is 0 Å². The molecule has 210 valence electrons. The first-order chi connectivity index (χ1) is 21.7. The van der Waals surface area contributed by atoms with Gasteiger partial charge in [0, 0.05) is 0 Å². The molecule has 0 unspecified atom stereocenters. The van der Waals surface area contributed by atoms with E-state index in [-0.39, 0.29) is 0 Å². The van der Waals surface area contributed by atoms with Gasteiger partial charge in [-0.05, 0) is 80.6 Å². The van der Waals surface area contributed by atoms with Crippen molar-refractivity contribution in [2.24, 2.45) is 0 Å². The second kappa shape index (κ2) is 12.0. The van der Waals surface area contributed by atoms with Crippen LogP contribution in [0.5, 0.6) is 0 Å². The molecular formula is C44H34. The van der Waals surface area contributed by atoms with Crippen molar-refractivity contribution in [3.63, 3.8) is 0 Å². The third-order valence-corrected chi connectivity index (χ3v) is 8.43. The lowest BCUT2D eigenvalue weighted by molar-refractivity contribution is 1.45. The van der Waals surface area contributed by atoms with E-state index in [9.17, 15) is 0 Å². The average Bonchev–Trinajstić information content (AvgIpc) is 3.09. The van der Waals surface area contributed by atoms with Crippen LogP contribution >= 0.6 is 0 Å². The van der Waals surface area contributed by atoms with Gasteiger partial charge in [0.1, 0.15) is 0 Å². The molecule has 44 heavy (non-hydrogen) atoms. The molecule has 0 amide bonds. The zero-order valence-electron chi connectivity index (χ0n) is 25.2. The molecule has 0 radical (unpaired) electrons. The highest BCUT2D eigenvalue weighted by molar-refractivity contribution is 6.15. The van der Waals surface area contributed by atoms with Gasteiger partial charge in [0.25, 0.3) is 0 Å². The van der Waals surface area contributed by atoms with Gasteiger partial charge in [0.15, 0.2) is 0 Å². The highest BCUT2D eigenvalue weighted by Gasteiger charge is 2.28. The van der Waals surface area contributed by atoms with E-state index in [1.807, 2.05) is 0 Å². The molecule has 0 saturated heterocycles. The largest absolute Gasteiger partial charge is 0.0622 e. The van der Waals surface area contributed by atoms with Gasteiger partial charge >= 0.3 is 0 Å². The Morgan fingerprint density at radius 2 is 0.386 bits per heavy atom. The summed E-state index contributed by atoms with van der Waals surface area (Å²) in [5.74, 6) is 0. The Morgan fingerprint density at radius 1 is 0.205 bits per heavy atom. The fourth-order valence-corrected chi connectivity index (χ4v) is 6.34. The number of hydrogen-bond donors (Lipinski definition) is 0. The van der Waals surface area contributed by atoms with Gasteiger partial charge in [-0.1, -0.05) is 181 Å². The van der Waals surface area contributed by atoms with Crippen LogP contribution in [0.3, 0.4) is 0 Å². The van der Waals surface area contributed by atoms with Crippen LogP contribution in [0.15, 0.2) is 170 Å². The minimum absolute atomic E-state index is 1.20. The SMILES string of the molecule is Cc1ccc(-c2c(-c3ccccc3)c(-c3ccccc3)c(-c3ccccc3)c(-c3ccccc3)c2-c2ccc(C)cc2)cc1. The van der Waals surface area contributed by atoms with E-state index in [1.165, 1.54) is 77.9 Å². The molecule has 0 fully saturated rings. The lowest BCUT2D eigenvalue weighted by Gasteiger charge is -2.29. The molecule has 0 bridgehead atoms. The van der Waals surface area contributed by atoms with Crippen molar-refractivity contribution >= 4 is 0 Å². The van der Waals surface area contributed by atoms with Crippen LogP contribution < -0.4 is 0 Å². The minimum Gasteiger partial charge on any atom is -0.0622 e. The van der Waals surface area contributed by atoms with Crippen LogP contribution in [0, 0.1) is 13.8 Å². The van der Waals surface area contributed by atoms with Gasteiger partial charge in [-0.3, -0.25) is 0 Å². The predicted molar refractivity (Wildman–Crippen MR) is 189 cm³/mol. The van der Waals surface area contributed by atoms with Crippen LogP contribution in [0.1, 0.15) is 11.1 Å². The molecule has 0 N–H and O–H groups in total. The van der Waals surface area contributed by atoms with E-state index in [2.05, 4.69) is 184 Å². The smallest absolute Gasteiger partial charge is 0.00139 e. The van der Waals surface area contributed by atoms with E-state index >= 15 is 0 Å². The summed E-state index contributed by atoms with van der Waals surface area (Å²) in [5.41, 5.74) is 17.2. The van der Waals surface area contributed by atoms with Crippen molar-refractivity contribution < 1.29 is 0 Å². The zero-order valence-corrected chi connectivity index (χ0v) is 25.2. The summed E-state index contributed by atoms with van der Waals surface area (Å²) in [6, 6.07) is 61.8. The van der Waals surface area contributed by atoms with Gasteiger partial charge in [-0.15, -0.1) is 0 Å². The fourth-order valence-electron chi connectivity index (χ4n) is 6.34. The molecule has 0 aromatic heterocycles. The summed E-state index contributed by atoms with van der Waals surface area (Å²) >= 11 is 0. The highest BCUT2D eigenvalue weighted by Crippen LogP contribution is 2.55. The maximum atomic E-state index is 2.29. The molecule has 0 saturated carbocycles. The molecule has 0 aliphatic carbocycles. The summed E-state index contributed by atoms with van der Waals surface area (Å²) in [7, 11) is 0. The summed E-state index contributed by atoms with van der Waals surface area (Å²) < 4.78 is 0. The van der Waals surface area contributed by atoms with Crippen molar-refractivity contribution in [3.8, 4) is 66.8 Å². The number of benzene rings is 7. The quantitative estimate of drug-likeness (QED) is 0.189. The van der Waals surface area contributed by atoms with Crippen LogP contribution in [0.25, 0.3) is 66.8 Å². The van der Waals surface area contributed by atoms with Crippen molar-refractivity contribution in [1.82, 2.24) is 0 Å². The Morgan fingerprint density at radius 3 is 0.591 bits per heavy atom. The third-order valence-electron chi connectivity index (χ3n) is 8.43. The van der Waals surface area contributed by atoms with Crippen molar-refractivity contribution in [2.75, 3.05) is 0 Å². The lowest BCUT2D eigenvalue weighted by atomic mass is 9.74. The Bertz CT molecular complexity index is 1850. The molecule has 0 heteroatoms. The van der Waals surface area contributed by atoms with Crippen LogP contribution in [0.2, 0.25) is 0 Å². The molecule has 0 aliphatic heterocycles. The Kier molecular flexibility index (Phi) is 7.49. The van der Waals surface area contributed by atoms with Gasteiger partial charge in [0.05, 0.1) is 0 Å². The molecule has 0 nitrogen and oxygen atoms in total. The summed E-state index contributed by atoms with van der Waals surface area (Å²) in [4.78, 5) is 0. The molecule has 7 rings (SSSR count). The van der Waals surface area contributed by atoms with Gasteiger partial charge in [-0.2, -0.15) is 0 Å². The Balaban J connectivity index is 1.81. The first kappa shape index (κ1) is 27.4. The predicted octanol–water partition coefficient (Wildman–Crippen LogP) is 12.3. The zero-order chi connectivity index (χ0) is 29.9. The van der Waals surface area contributed by atoms with Gasteiger partial charge < -0.3 is 0 Å². The maximum Gasteiger partial charge on any atom is -0.00139 e. The second-order valence-electron chi connectivity index (χ2n) is 11.4. The van der Waals surface area contributed by atoms with E-state index in [0.717, 1.165) is 0 Å². The summed E-state index contributed by atoms with van der Waals surface area (Å²) in [6.45, 7) is 4.32. The van der Waals surface area contributed by atoms with Crippen molar-refractivity contribution in [2.45, 2.75) is 13.8 Å². The van der Waals surface area contributed by atoms with Crippen molar-refractivity contribution in [3.05, 3.63) is 181 Å². The van der Waals surface area contributed by atoms with Crippen molar-refractivity contribution in [1.29, 1.82) is 0 Å². The molecular weight excluding hydrogens is 528 g/mol. The number of aryl methyl sites for hydroxylation is 2. The summed E-state index contributed by atoms with van der Waals surface area (Å²) in [6.07, 6.45) is 0. The number of hydrogen-bond acceptors (Lipinski definition) is 0. The van der Waals surface area contributed by atoms with Crippen LogP contribution in [-0.2, 0) is 0 Å². The minimum atomic E-state index is 1.20. The van der Waals surface area contributed by atoms with E-state index < -0.39 is 0 Å². The third kappa shape index (κ3) is 5.16. The molecule has 0 atom stereocenters. The Hall–Kier alpha value is -5.46. The summed E-state index contributed by atoms with van der Waals surface area (Å²) in [5, 5.41) is 0. The molecule has 0 spiro atoms. The van der Waals surface area contributed by atoms with E-state index in [4.69, 9.17) is 0 Å². The first-order valence-corrected chi connectivity index (χ1v) is 15.3. The van der Waals surface area contributed by atoms with Gasteiger partial charge in [-0.25, -0.2) is 0 Å². The van der Waals surface area contributed by atoms with Crippen LogP contribution in [-0.4, -0.2) is 0 Å². The molecule has 0 heterocycles. The Labute approximate surface area is 261 Å². The lowest BCUT2D eigenvalue weighted by Crippen LogP contribution is -2.02. The van der Waals surface area contributed by atoms with Gasteiger partial charge in [0.2, 0.25) is 0 Å². The van der Waals surface area contributed by atoms with Crippen LogP contribution in [0.4, 0.5) is 0 Å². The van der Waals surface area contributed by atoms with E-state index in [0.29, 0.717) is 0 Å². The first-order valence-electron chi connectivity index (χ1n) is 15.3. The average molecular weight is 563 g/mol. The standard InChI is InChI=1S/C44H34/c1-31-23-27-37(28-24-31)43-41(35-19-11-5-12-20-35)39(33-15-7-3-8-16-33)40(34-17-9-4-10-18-34)42(36-21-13-6-14-22-36)44(43)38-29-25-32(2)26-30-38/h3-30H,1-2H3. The monoisotopic (exact) mass is 562 g/mol. The molecule has 7 aromatic rings. The molecule has 7 aromatic carbocycles. The fraction of sp³-hybridized carbons (Fsp3) is 0.0455. The highest BCUT2D eigenvalue weighted by atomic mass is 14.3. The van der Waals surface area contributed by atoms with E-state index in [1.54, 1.807) is 0 Å². The number of rotatable bonds is 6. The maximum absolute atomic E-state index is 2.29.